The van der Waals surface area contributed by atoms with Crippen molar-refractivity contribution < 1.29 is 13.2 Å². The van der Waals surface area contributed by atoms with Crippen molar-refractivity contribution in [3.8, 4) is 0 Å². The monoisotopic (exact) mass is 374 g/mol. The summed E-state index contributed by atoms with van der Waals surface area (Å²) in [5.41, 5.74) is 0.786. The Bertz CT molecular complexity index is 854. The molecule has 1 aromatic carbocycles. The number of hydrogen-bond donors (Lipinski definition) is 1. The number of piperidine rings is 1. The molecule has 7 nitrogen and oxygen atoms in total. The van der Waals surface area contributed by atoms with Crippen LogP contribution in [0.3, 0.4) is 0 Å². The van der Waals surface area contributed by atoms with Crippen molar-refractivity contribution in [2.75, 3.05) is 24.2 Å². The Morgan fingerprint density at radius 1 is 1.23 bits per heavy atom. The van der Waals surface area contributed by atoms with Crippen LogP contribution < -0.4 is 10.2 Å². The van der Waals surface area contributed by atoms with Crippen LogP contribution in [0.2, 0.25) is 0 Å². The van der Waals surface area contributed by atoms with Crippen LogP contribution in [0.15, 0.2) is 47.6 Å². The van der Waals surface area contributed by atoms with Crippen molar-refractivity contribution in [1.29, 1.82) is 0 Å². The maximum Gasteiger partial charge on any atom is 0.225 e. The third-order valence-corrected chi connectivity index (χ3v) is 5.47. The van der Waals surface area contributed by atoms with E-state index in [4.69, 9.17) is 0 Å². The summed E-state index contributed by atoms with van der Waals surface area (Å²) in [6.07, 6.45) is 6.70. The van der Waals surface area contributed by atoms with Crippen molar-refractivity contribution in [3.63, 3.8) is 0 Å². The van der Waals surface area contributed by atoms with Gasteiger partial charge in [-0.1, -0.05) is 12.1 Å². The molecule has 1 atom stereocenters. The van der Waals surface area contributed by atoms with Crippen LogP contribution in [-0.4, -0.2) is 49.7 Å². The zero-order chi connectivity index (χ0) is 18.6. The number of carbonyl (C=O) groups excluding carboxylic acids is 1. The van der Waals surface area contributed by atoms with E-state index >= 15 is 0 Å². The molecule has 8 heteroatoms. The van der Waals surface area contributed by atoms with Gasteiger partial charge < -0.3 is 10.2 Å². The molecule has 138 valence electrons. The number of benzene rings is 1. The molecule has 0 aliphatic carbocycles. The molecule has 1 N–H and O–H groups in total. The highest BCUT2D eigenvalue weighted by Gasteiger charge is 2.23. The van der Waals surface area contributed by atoms with Gasteiger partial charge in [-0.15, -0.1) is 0 Å². The SMILES string of the molecule is CS(=O)(=O)c1ccc(CC(=O)NC2CCCN(c3ncccn3)C2)cc1. The molecule has 2 aromatic rings. The summed E-state index contributed by atoms with van der Waals surface area (Å²) in [7, 11) is -3.22. The second-order valence-corrected chi connectivity index (χ2v) is 8.51. The number of rotatable bonds is 5. The normalized spacial score (nSPS) is 17.7. The minimum atomic E-state index is -3.22. The van der Waals surface area contributed by atoms with E-state index in [0.29, 0.717) is 12.5 Å². The molecule has 1 aliphatic rings. The Balaban J connectivity index is 1.56. The average Bonchev–Trinajstić information content (AvgIpc) is 2.62. The first-order valence-corrected chi connectivity index (χ1v) is 10.4. The zero-order valence-electron chi connectivity index (χ0n) is 14.6. The first kappa shape index (κ1) is 18.3. The Morgan fingerprint density at radius 2 is 1.92 bits per heavy atom. The topological polar surface area (TPSA) is 92.3 Å². The van der Waals surface area contributed by atoms with Gasteiger partial charge in [-0.25, -0.2) is 18.4 Å². The lowest BCUT2D eigenvalue weighted by Crippen LogP contribution is -2.48. The molecule has 26 heavy (non-hydrogen) atoms. The standard InChI is InChI=1S/C18H22N4O3S/c1-26(24,25)16-7-5-14(6-8-16)12-17(23)21-15-4-2-11-22(13-15)18-19-9-3-10-20-18/h3,5-10,15H,2,4,11-13H2,1H3,(H,21,23). The van der Waals surface area contributed by atoms with Gasteiger partial charge in [0.1, 0.15) is 0 Å². The van der Waals surface area contributed by atoms with Gasteiger partial charge in [0.25, 0.3) is 0 Å². The minimum absolute atomic E-state index is 0.0512. The summed E-state index contributed by atoms with van der Waals surface area (Å²) in [5, 5.41) is 3.06. The number of amides is 1. The van der Waals surface area contributed by atoms with Gasteiger partial charge in [0.05, 0.1) is 11.3 Å². The molecule has 0 bridgehead atoms. The molecule has 1 amide bonds. The van der Waals surface area contributed by atoms with Gasteiger partial charge in [0, 0.05) is 37.8 Å². The van der Waals surface area contributed by atoms with Crippen molar-refractivity contribution in [3.05, 3.63) is 48.3 Å². The summed E-state index contributed by atoms with van der Waals surface area (Å²) in [6.45, 7) is 1.56. The second kappa shape index (κ2) is 7.82. The number of hydrogen-bond acceptors (Lipinski definition) is 6. The fraction of sp³-hybridized carbons (Fsp3) is 0.389. The van der Waals surface area contributed by atoms with Crippen molar-refractivity contribution in [2.45, 2.75) is 30.2 Å². The van der Waals surface area contributed by atoms with Crippen LogP contribution in [0.25, 0.3) is 0 Å². The quantitative estimate of drug-likeness (QED) is 0.846. The highest BCUT2D eigenvalue weighted by atomic mass is 32.2. The number of sulfone groups is 1. The number of nitrogens with one attached hydrogen (secondary N) is 1. The van der Waals surface area contributed by atoms with E-state index in [1.54, 1.807) is 30.6 Å². The van der Waals surface area contributed by atoms with Crippen LogP contribution in [0.4, 0.5) is 5.95 Å². The predicted octanol–water partition coefficient (Wildman–Crippen LogP) is 1.21. The molecule has 1 aliphatic heterocycles. The minimum Gasteiger partial charge on any atom is -0.351 e. The number of nitrogens with zero attached hydrogens (tertiary/aromatic N) is 3. The van der Waals surface area contributed by atoms with Crippen molar-refractivity contribution in [2.24, 2.45) is 0 Å². The molecule has 1 unspecified atom stereocenters. The third kappa shape index (κ3) is 4.78. The van der Waals surface area contributed by atoms with Crippen LogP contribution in [0, 0.1) is 0 Å². The summed E-state index contributed by atoms with van der Waals surface area (Å²) >= 11 is 0. The Kier molecular flexibility index (Phi) is 5.51. The molecular weight excluding hydrogens is 352 g/mol. The maximum atomic E-state index is 12.3. The summed E-state index contributed by atoms with van der Waals surface area (Å²) in [4.78, 5) is 23.2. The largest absolute Gasteiger partial charge is 0.351 e. The lowest BCUT2D eigenvalue weighted by molar-refractivity contribution is -0.121. The first-order chi connectivity index (χ1) is 12.4. The molecule has 0 spiro atoms. The van der Waals surface area contributed by atoms with Crippen LogP contribution in [0.5, 0.6) is 0 Å². The van der Waals surface area contributed by atoms with Crippen molar-refractivity contribution in [1.82, 2.24) is 15.3 Å². The predicted molar refractivity (Wildman–Crippen MR) is 98.7 cm³/mol. The van der Waals surface area contributed by atoms with E-state index in [1.165, 1.54) is 18.4 Å². The lowest BCUT2D eigenvalue weighted by Gasteiger charge is -2.33. The van der Waals surface area contributed by atoms with E-state index in [-0.39, 0.29) is 23.3 Å². The first-order valence-electron chi connectivity index (χ1n) is 8.52. The molecule has 3 rings (SSSR count). The smallest absolute Gasteiger partial charge is 0.225 e. The van der Waals surface area contributed by atoms with Gasteiger partial charge in [0.15, 0.2) is 9.84 Å². The fourth-order valence-corrected chi connectivity index (χ4v) is 3.68. The average molecular weight is 374 g/mol. The van der Waals surface area contributed by atoms with Crippen molar-refractivity contribution >= 4 is 21.7 Å². The van der Waals surface area contributed by atoms with Gasteiger partial charge in [0.2, 0.25) is 11.9 Å². The molecule has 0 saturated carbocycles. The number of carbonyl (C=O) groups is 1. The van der Waals surface area contributed by atoms with Crippen LogP contribution in [-0.2, 0) is 21.1 Å². The Morgan fingerprint density at radius 3 is 2.58 bits per heavy atom. The second-order valence-electron chi connectivity index (χ2n) is 6.49. The summed E-state index contributed by atoms with van der Waals surface area (Å²) < 4.78 is 23.0. The number of aromatic nitrogens is 2. The third-order valence-electron chi connectivity index (χ3n) is 4.34. The van der Waals surface area contributed by atoms with Gasteiger partial charge in [-0.2, -0.15) is 0 Å². The van der Waals surface area contributed by atoms with Gasteiger partial charge in [-0.3, -0.25) is 4.79 Å². The fourth-order valence-electron chi connectivity index (χ4n) is 3.05. The molecular formula is C18H22N4O3S. The van der Waals surface area contributed by atoms with E-state index in [9.17, 15) is 13.2 Å². The molecule has 1 aromatic heterocycles. The van der Waals surface area contributed by atoms with E-state index in [1.807, 2.05) is 0 Å². The molecule has 1 saturated heterocycles. The Hall–Kier alpha value is -2.48. The van der Waals surface area contributed by atoms with Gasteiger partial charge >= 0.3 is 0 Å². The molecule has 0 radical (unpaired) electrons. The highest BCUT2D eigenvalue weighted by Crippen LogP contribution is 2.16. The van der Waals surface area contributed by atoms with Crippen LogP contribution in [0.1, 0.15) is 18.4 Å². The van der Waals surface area contributed by atoms with E-state index in [0.717, 1.165) is 24.9 Å². The molecule has 1 fully saturated rings. The van der Waals surface area contributed by atoms with E-state index in [2.05, 4.69) is 20.2 Å². The highest BCUT2D eigenvalue weighted by molar-refractivity contribution is 7.90. The van der Waals surface area contributed by atoms with Crippen LogP contribution >= 0.6 is 0 Å². The molecule has 2 heterocycles. The number of anilines is 1. The maximum absolute atomic E-state index is 12.3. The lowest BCUT2D eigenvalue weighted by atomic mass is 10.1. The summed E-state index contributed by atoms with van der Waals surface area (Å²) in [5.74, 6) is 0.612. The van der Waals surface area contributed by atoms with E-state index < -0.39 is 9.84 Å². The Labute approximate surface area is 153 Å². The zero-order valence-corrected chi connectivity index (χ0v) is 15.4. The summed E-state index contributed by atoms with van der Waals surface area (Å²) in [6, 6.07) is 8.26. The van der Waals surface area contributed by atoms with Gasteiger partial charge in [-0.05, 0) is 36.6 Å².